The van der Waals surface area contributed by atoms with Gasteiger partial charge in [-0.25, -0.2) is 0 Å². The van der Waals surface area contributed by atoms with Crippen LogP contribution in [0.5, 0.6) is 0 Å². The van der Waals surface area contributed by atoms with E-state index in [1.54, 1.807) is 26.0 Å². The molecule has 1 aromatic rings. The molecule has 6 nitrogen and oxygen atoms in total. The van der Waals surface area contributed by atoms with Crippen LogP contribution >= 0.6 is 0 Å². The van der Waals surface area contributed by atoms with Crippen LogP contribution in [0.2, 0.25) is 0 Å². The minimum atomic E-state index is -3.85. The minimum Gasteiger partial charge on any atom is -0.394 e. The van der Waals surface area contributed by atoms with Crippen molar-refractivity contribution in [3.63, 3.8) is 0 Å². The Morgan fingerprint density at radius 2 is 1.76 bits per heavy atom. The second kappa shape index (κ2) is 6.02. The molecule has 1 N–H and O–H groups in total. The summed E-state index contributed by atoms with van der Waals surface area (Å²) in [4.78, 5) is 0.0897. The van der Waals surface area contributed by atoms with E-state index in [-0.39, 0.29) is 18.1 Å². The summed E-state index contributed by atoms with van der Waals surface area (Å²) in [6.07, 6.45) is -1.24. The van der Waals surface area contributed by atoms with Gasteiger partial charge in [0, 0.05) is 0 Å². The van der Waals surface area contributed by atoms with Gasteiger partial charge in [-0.3, -0.25) is 4.18 Å². The third-order valence-electron chi connectivity index (χ3n) is 3.16. The van der Waals surface area contributed by atoms with E-state index in [4.69, 9.17) is 13.7 Å². The number of aryl methyl sites for hydroxylation is 1. The standard InChI is InChI=1S/C14H20O6S/c1-10-4-6-11(7-5-10)21(16,17)18-9-13-12(8-15)19-14(2,3)20-13/h4-7,12-13,15H,8-9H2,1-3H3/t12-,13-/m0/s1. The van der Waals surface area contributed by atoms with E-state index in [1.807, 2.05) is 6.92 Å². The molecular weight excluding hydrogens is 296 g/mol. The molecule has 1 aliphatic heterocycles. The Bertz CT molecular complexity index is 578. The highest BCUT2D eigenvalue weighted by Gasteiger charge is 2.41. The molecule has 0 aromatic heterocycles. The Morgan fingerprint density at radius 3 is 2.33 bits per heavy atom. The molecule has 1 fully saturated rings. The summed E-state index contributed by atoms with van der Waals surface area (Å²) in [6, 6.07) is 6.38. The minimum absolute atomic E-state index is 0.0897. The van der Waals surface area contributed by atoms with Crippen LogP contribution in [0, 0.1) is 6.92 Å². The van der Waals surface area contributed by atoms with E-state index >= 15 is 0 Å². The van der Waals surface area contributed by atoms with Crippen LogP contribution in [0.4, 0.5) is 0 Å². The summed E-state index contributed by atoms with van der Waals surface area (Å²) < 4.78 is 40.2. The van der Waals surface area contributed by atoms with Gasteiger partial charge in [-0.1, -0.05) is 17.7 Å². The summed E-state index contributed by atoms with van der Waals surface area (Å²) in [7, 11) is -3.85. The van der Waals surface area contributed by atoms with Crippen LogP contribution in [0.15, 0.2) is 29.2 Å². The largest absolute Gasteiger partial charge is 0.394 e. The average molecular weight is 316 g/mol. The van der Waals surface area contributed by atoms with Gasteiger partial charge in [0.15, 0.2) is 5.79 Å². The fourth-order valence-electron chi connectivity index (χ4n) is 2.13. The summed E-state index contributed by atoms with van der Waals surface area (Å²) >= 11 is 0. The topological polar surface area (TPSA) is 82.1 Å². The molecule has 0 radical (unpaired) electrons. The second-order valence-corrected chi connectivity index (χ2v) is 7.06. The van der Waals surface area contributed by atoms with Crippen molar-refractivity contribution in [2.24, 2.45) is 0 Å². The summed E-state index contributed by atoms with van der Waals surface area (Å²) in [5.41, 5.74) is 0.962. The van der Waals surface area contributed by atoms with Crippen molar-refractivity contribution in [1.29, 1.82) is 0 Å². The predicted octanol–water partition coefficient (Wildman–Crippen LogP) is 1.21. The van der Waals surface area contributed by atoms with Crippen molar-refractivity contribution >= 4 is 10.1 Å². The molecule has 7 heteroatoms. The van der Waals surface area contributed by atoms with Gasteiger partial charge < -0.3 is 14.6 Å². The summed E-state index contributed by atoms with van der Waals surface area (Å²) in [5.74, 6) is -0.866. The third kappa shape index (κ3) is 4.02. The van der Waals surface area contributed by atoms with Crippen LogP contribution in [0.25, 0.3) is 0 Å². The van der Waals surface area contributed by atoms with Gasteiger partial charge in [0.1, 0.15) is 12.2 Å². The highest BCUT2D eigenvalue weighted by atomic mass is 32.2. The Morgan fingerprint density at radius 1 is 1.19 bits per heavy atom. The number of hydrogen-bond acceptors (Lipinski definition) is 6. The number of benzene rings is 1. The molecule has 0 amide bonds. The fourth-order valence-corrected chi connectivity index (χ4v) is 3.05. The Balaban J connectivity index is 2.03. The molecule has 0 bridgehead atoms. The number of ether oxygens (including phenoxy) is 2. The average Bonchev–Trinajstić information content (AvgIpc) is 2.72. The van der Waals surface area contributed by atoms with Crippen molar-refractivity contribution in [1.82, 2.24) is 0 Å². The lowest BCUT2D eigenvalue weighted by Gasteiger charge is -2.16. The van der Waals surface area contributed by atoms with E-state index in [2.05, 4.69) is 0 Å². The van der Waals surface area contributed by atoms with Crippen molar-refractivity contribution in [2.45, 2.75) is 43.7 Å². The van der Waals surface area contributed by atoms with E-state index in [0.717, 1.165) is 5.56 Å². The molecule has 21 heavy (non-hydrogen) atoms. The maximum Gasteiger partial charge on any atom is 0.297 e. The summed E-state index contributed by atoms with van der Waals surface area (Å²) in [6.45, 7) is 4.80. The molecule has 0 saturated carbocycles. The molecule has 1 aromatic carbocycles. The molecule has 0 spiro atoms. The first kappa shape index (κ1) is 16.4. The zero-order valence-electron chi connectivity index (χ0n) is 12.3. The van der Waals surface area contributed by atoms with Crippen molar-refractivity contribution in [3.8, 4) is 0 Å². The van der Waals surface area contributed by atoms with Crippen LogP contribution < -0.4 is 0 Å². The second-order valence-electron chi connectivity index (χ2n) is 5.45. The van der Waals surface area contributed by atoms with E-state index in [9.17, 15) is 13.5 Å². The van der Waals surface area contributed by atoms with E-state index < -0.39 is 28.1 Å². The first-order chi connectivity index (χ1) is 9.73. The normalized spacial score (nSPS) is 25.1. The highest BCUT2D eigenvalue weighted by Crippen LogP contribution is 2.28. The van der Waals surface area contributed by atoms with Crippen LogP contribution in [-0.4, -0.2) is 44.7 Å². The van der Waals surface area contributed by atoms with E-state index in [1.165, 1.54) is 12.1 Å². The predicted molar refractivity (Wildman–Crippen MR) is 75.2 cm³/mol. The Hall–Kier alpha value is -0.990. The molecule has 118 valence electrons. The molecule has 0 unspecified atom stereocenters. The maximum absolute atomic E-state index is 12.1. The van der Waals surface area contributed by atoms with Crippen molar-refractivity contribution in [2.75, 3.05) is 13.2 Å². The van der Waals surface area contributed by atoms with E-state index in [0.29, 0.717) is 0 Å². The Kier molecular flexibility index (Phi) is 4.69. The van der Waals surface area contributed by atoms with Gasteiger partial charge in [-0.2, -0.15) is 8.42 Å². The zero-order valence-corrected chi connectivity index (χ0v) is 13.1. The SMILES string of the molecule is Cc1ccc(S(=O)(=O)OC[C@@H]2OC(C)(C)O[C@H]2CO)cc1. The highest BCUT2D eigenvalue weighted by molar-refractivity contribution is 7.86. The van der Waals surface area contributed by atoms with Crippen LogP contribution in [0.1, 0.15) is 19.4 Å². The molecule has 1 saturated heterocycles. The molecule has 1 aliphatic rings. The van der Waals surface area contributed by atoms with Crippen molar-refractivity contribution in [3.05, 3.63) is 29.8 Å². The van der Waals surface area contributed by atoms with Gasteiger partial charge >= 0.3 is 0 Å². The van der Waals surface area contributed by atoms with Gasteiger partial charge in [0.2, 0.25) is 0 Å². The van der Waals surface area contributed by atoms with Crippen molar-refractivity contribution < 1.29 is 27.2 Å². The number of hydrogen-bond donors (Lipinski definition) is 1. The lowest BCUT2D eigenvalue weighted by molar-refractivity contribution is -0.150. The lowest BCUT2D eigenvalue weighted by atomic mass is 10.2. The number of aliphatic hydroxyl groups is 1. The maximum atomic E-state index is 12.1. The van der Waals surface area contributed by atoms with Gasteiger partial charge in [-0.15, -0.1) is 0 Å². The van der Waals surface area contributed by atoms with Crippen LogP contribution in [-0.2, 0) is 23.8 Å². The number of aliphatic hydroxyl groups excluding tert-OH is 1. The molecule has 1 heterocycles. The Labute approximate surface area is 124 Å². The molecule has 0 aliphatic carbocycles. The smallest absolute Gasteiger partial charge is 0.297 e. The fraction of sp³-hybridized carbons (Fsp3) is 0.571. The monoisotopic (exact) mass is 316 g/mol. The first-order valence-electron chi connectivity index (χ1n) is 6.66. The quantitative estimate of drug-likeness (QED) is 0.822. The number of rotatable bonds is 5. The van der Waals surface area contributed by atoms with Gasteiger partial charge in [0.05, 0.1) is 18.1 Å². The lowest BCUT2D eigenvalue weighted by Crippen LogP contribution is -2.31. The molecule has 2 atom stereocenters. The third-order valence-corrected chi connectivity index (χ3v) is 4.46. The van der Waals surface area contributed by atoms with Gasteiger partial charge in [-0.05, 0) is 32.9 Å². The van der Waals surface area contributed by atoms with Crippen LogP contribution in [0.3, 0.4) is 0 Å². The zero-order chi connectivity index (χ0) is 15.7. The first-order valence-corrected chi connectivity index (χ1v) is 8.07. The molecular formula is C14H20O6S. The molecule has 2 rings (SSSR count). The van der Waals surface area contributed by atoms with Gasteiger partial charge in [0.25, 0.3) is 10.1 Å². The summed E-state index contributed by atoms with van der Waals surface area (Å²) in [5, 5.41) is 9.24.